The lowest BCUT2D eigenvalue weighted by atomic mass is 10.1. The van der Waals surface area contributed by atoms with Crippen LogP contribution in [0.25, 0.3) is 23.0 Å². The van der Waals surface area contributed by atoms with Crippen molar-refractivity contribution in [3.05, 3.63) is 102 Å². The number of nitrogens with zero attached hydrogens (tertiary/aromatic N) is 3. The molecule has 7 nitrogen and oxygen atoms in total. The highest BCUT2D eigenvalue weighted by molar-refractivity contribution is 6.13. The molecule has 0 fully saturated rings. The van der Waals surface area contributed by atoms with E-state index in [9.17, 15) is 4.79 Å². The summed E-state index contributed by atoms with van der Waals surface area (Å²) in [6, 6.07) is 24.8. The molecule has 1 aliphatic rings. The maximum atomic E-state index is 12.7. The number of para-hydroxylation sites is 1. The first-order valence-electron chi connectivity index (χ1n) is 10.6. The Balaban J connectivity index is 1.57. The van der Waals surface area contributed by atoms with E-state index < -0.39 is 5.97 Å². The summed E-state index contributed by atoms with van der Waals surface area (Å²) < 4.78 is 17.9. The Hall–Kier alpha value is -4.65. The smallest absolute Gasteiger partial charge is 0.363 e. The molecule has 5 rings (SSSR count). The van der Waals surface area contributed by atoms with Crippen LogP contribution in [0.2, 0.25) is 0 Å². The van der Waals surface area contributed by atoms with E-state index in [1.807, 2.05) is 66.9 Å². The number of rotatable bonds is 6. The summed E-state index contributed by atoms with van der Waals surface area (Å²) in [4.78, 5) is 17.1. The molecule has 2 heterocycles. The van der Waals surface area contributed by atoms with E-state index >= 15 is 0 Å². The minimum absolute atomic E-state index is 0.189. The summed E-state index contributed by atoms with van der Waals surface area (Å²) in [6.07, 6.45) is 3.58. The Morgan fingerprint density at radius 3 is 2.26 bits per heavy atom. The number of aromatic nitrogens is 2. The molecule has 168 valence electrons. The second-order valence-electron chi connectivity index (χ2n) is 7.49. The van der Waals surface area contributed by atoms with Crippen molar-refractivity contribution < 1.29 is 19.0 Å². The van der Waals surface area contributed by atoms with Crippen molar-refractivity contribution in [2.75, 3.05) is 14.2 Å². The summed E-state index contributed by atoms with van der Waals surface area (Å²) >= 11 is 0. The number of cyclic esters (lactones) is 1. The second kappa shape index (κ2) is 9.07. The largest absolute Gasteiger partial charge is 0.493 e. The number of ether oxygens (including phenoxy) is 3. The summed E-state index contributed by atoms with van der Waals surface area (Å²) in [7, 11) is 3.11. The fraction of sp³-hybridized carbons (Fsp3) is 0.0741. The van der Waals surface area contributed by atoms with Gasteiger partial charge < -0.3 is 14.2 Å². The Kier molecular flexibility index (Phi) is 5.66. The second-order valence-corrected chi connectivity index (χ2v) is 7.49. The number of benzene rings is 3. The van der Waals surface area contributed by atoms with E-state index in [1.165, 1.54) is 0 Å². The maximum absolute atomic E-state index is 12.7. The average molecular weight is 451 g/mol. The van der Waals surface area contributed by atoms with E-state index in [-0.39, 0.29) is 11.6 Å². The number of carbonyl (C=O) groups excluding carboxylic acids is 1. The molecule has 7 heteroatoms. The molecule has 0 saturated heterocycles. The van der Waals surface area contributed by atoms with Gasteiger partial charge in [-0.25, -0.2) is 14.5 Å². The molecule has 0 N–H and O–H groups in total. The van der Waals surface area contributed by atoms with Crippen molar-refractivity contribution in [2.45, 2.75) is 0 Å². The molecule has 0 atom stereocenters. The van der Waals surface area contributed by atoms with Crippen molar-refractivity contribution in [3.63, 3.8) is 0 Å². The Labute approximate surface area is 196 Å². The van der Waals surface area contributed by atoms with Crippen LogP contribution in [0.15, 0.2) is 95.7 Å². The van der Waals surface area contributed by atoms with Gasteiger partial charge in [0.25, 0.3) is 0 Å². The van der Waals surface area contributed by atoms with Crippen LogP contribution in [0.5, 0.6) is 11.5 Å². The standard InChI is InChI=1S/C27H21N3O4/c1-32-23-14-13-19(16-24(23)33-2)26-28-22(27(31)34-26)15-20-17-30(21-11-7-4-8-12-21)29-25(20)18-9-5-3-6-10-18/h3-17H,1-2H3/b22-15-. The number of esters is 1. The summed E-state index contributed by atoms with van der Waals surface area (Å²) in [5.41, 5.74) is 4.12. The van der Waals surface area contributed by atoms with Crippen molar-refractivity contribution in [2.24, 2.45) is 4.99 Å². The molecule has 0 bridgehead atoms. The highest BCUT2D eigenvalue weighted by Crippen LogP contribution is 2.31. The van der Waals surface area contributed by atoms with Crippen molar-refractivity contribution >= 4 is 17.9 Å². The normalized spacial score (nSPS) is 14.1. The Bertz CT molecular complexity index is 1410. The van der Waals surface area contributed by atoms with Crippen LogP contribution >= 0.6 is 0 Å². The van der Waals surface area contributed by atoms with Gasteiger partial charge in [0, 0.05) is 22.9 Å². The number of carbonyl (C=O) groups is 1. The Morgan fingerprint density at radius 2 is 1.56 bits per heavy atom. The van der Waals surface area contributed by atoms with E-state index in [1.54, 1.807) is 43.2 Å². The van der Waals surface area contributed by atoms with Crippen molar-refractivity contribution in [1.29, 1.82) is 0 Å². The predicted octanol–water partition coefficient (Wildman–Crippen LogP) is 4.90. The molecule has 34 heavy (non-hydrogen) atoms. The molecule has 0 radical (unpaired) electrons. The number of hydrogen-bond acceptors (Lipinski definition) is 6. The minimum atomic E-state index is -0.531. The lowest BCUT2D eigenvalue weighted by molar-refractivity contribution is -0.129. The third kappa shape index (κ3) is 4.06. The monoisotopic (exact) mass is 451 g/mol. The molecule has 1 aliphatic heterocycles. The van der Waals surface area contributed by atoms with Crippen molar-refractivity contribution in [3.8, 4) is 28.4 Å². The Morgan fingerprint density at radius 1 is 0.853 bits per heavy atom. The quantitative estimate of drug-likeness (QED) is 0.308. The van der Waals surface area contributed by atoms with Gasteiger partial charge in [0.15, 0.2) is 17.2 Å². The van der Waals surface area contributed by atoms with Crippen LogP contribution in [0.1, 0.15) is 11.1 Å². The topological polar surface area (TPSA) is 74.9 Å². The predicted molar refractivity (Wildman–Crippen MR) is 129 cm³/mol. The zero-order chi connectivity index (χ0) is 23.5. The van der Waals surface area contributed by atoms with Crippen LogP contribution in [-0.2, 0) is 9.53 Å². The highest BCUT2D eigenvalue weighted by Gasteiger charge is 2.26. The number of hydrogen-bond donors (Lipinski definition) is 0. The van der Waals surface area contributed by atoms with Crippen molar-refractivity contribution in [1.82, 2.24) is 9.78 Å². The number of aliphatic imine (C=N–C) groups is 1. The van der Waals surface area contributed by atoms with Crippen LogP contribution in [0, 0.1) is 0 Å². The fourth-order valence-corrected chi connectivity index (χ4v) is 3.68. The van der Waals surface area contributed by atoms with Gasteiger partial charge >= 0.3 is 5.97 Å². The molecule has 4 aromatic rings. The molecule has 0 amide bonds. The SMILES string of the molecule is COc1ccc(C2=N/C(=C\c3cn(-c4ccccc4)nc3-c3ccccc3)C(=O)O2)cc1OC. The molecule has 0 unspecified atom stereocenters. The maximum Gasteiger partial charge on any atom is 0.363 e. The summed E-state index contributed by atoms with van der Waals surface area (Å²) in [5, 5.41) is 4.78. The van der Waals surface area contributed by atoms with Gasteiger partial charge in [0.05, 0.1) is 19.9 Å². The van der Waals surface area contributed by atoms with E-state index in [4.69, 9.17) is 19.3 Å². The molecule has 3 aromatic carbocycles. The lowest BCUT2D eigenvalue weighted by Gasteiger charge is -2.08. The van der Waals surface area contributed by atoms with Gasteiger partial charge in [0.2, 0.25) is 5.90 Å². The molecule has 0 aliphatic carbocycles. The first-order valence-corrected chi connectivity index (χ1v) is 10.6. The van der Waals surface area contributed by atoms with Gasteiger partial charge in [-0.2, -0.15) is 5.10 Å². The summed E-state index contributed by atoms with van der Waals surface area (Å²) in [5.74, 6) is 0.768. The number of methoxy groups -OCH3 is 2. The molecule has 0 spiro atoms. The minimum Gasteiger partial charge on any atom is -0.493 e. The van der Waals surface area contributed by atoms with Crippen LogP contribution < -0.4 is 9.47 Å². The van der Waals surface area contributed by atoms with E-state index in [2.05, 4.69) is 4.99 Å². The van der Waals surface area contributed by atoms with Gasteiger partial charge in [-0.3, -0.25) is 0 Å². The molecular weight excluding hydrogens is 430 g/mol. The average Bonchev–Trinajstić information content (AvgIpc) is 3.48. The zero-order valence-electron chi connectivity index (χ0n) is 18.6. The lowest BCUT2D eigenvalue weighted by Crippen LogP contribution is -2.06. The zero-order valence-corrected chi connectivity index (χ0v) is 18.6. The molecule has 0 saturated carbocycles. The van der Waals surface area contributed by atoms with E-state index in [0.717, 1.165) is 22.5 Å². The first kappa shape index (κ1) is 21.2. The van der Waals surface area contributed by atoms with Crippen LogP contribution in [0.4, 0.5) is 0 Å². The van der Waals surface area contributed by atoms with Gasteiger partial charge in [-0.05, 0) is 36.4 Å². The summed E-state index contributed by atoms with van der Waals surface area (Å²) in [6.45, 7) is 0. The van der Waals surface area contributed by atoms with Gasteiger partial charge in [-0.15, -0.1) is 0 Å². The third-order valence-electron chi connectivity index (χ3n) is 5.35. The third-order valence-corrected chi connectivity index (χ3v) is 5.35. The molecule has 1 aromatic heterocycles. The van der Waals surface area contributed by atoms with Gasteiger partial charge in [-0.1, -0.05) is 48.5 Å². The first-order chi connectivity index (χ1) is 16.7. The van der Waals surface area contributed by atoms with Crippen LogP contribution in [0.3, 0.4) is 0 Å². The fourth-order valence-electron chi connectivity index (χ4n) is 3.68. The van der Waals surface area contributed by atoms with Gasteiger partial charge in [0.1, 0.15) is 5.69 Å². The van der Waals surface area contributed by atoms with Crippen LogP contribution in [-0.4, -0.2) is 35.9 Å². The highest BCUT2D eigenvalue weighted by atomic mass is 16.6. The van der Waals surface area contributed by atoms with E-state index in [0.29, 0.717) is 17.1 Å². The molecular formula is C27H21N3O4.